The van der Waals surface area contributed by atoms with Gasteiger partial charge in [-0.25, -0.2) is 0 Å². The Morgan fingerprint density at radius 3 is 2.24 bits per heavy atom. The number of nitrogens with zero attached hydrogens (tertiary/aromatic N) is 1. The van der Waals surface area contributed by atoms with Gasteiger partial charge in [0.2, 0.25) is 0 Å². The zero-order chi connectivity index (χ0) is 12.3. The molecule has 1 aliphatic heterocycles. The summed E-state index contributed by atoms with van der Waals surface area (Å²) in [6.07, 6.45) is 10.1. The SMILES string of the molecule is CCC(C)(C(O)C1CCCC1)N1CCCCC1. The molecule has 1 saturated heterocycles. The second kappa shape index (κ2) is 5.71. The Kier molecular flexibility index (Phi) is 4.48. The molecule has 0 spiro atoms. The van der Waals surface area contributed by atoms with Crippen LogP contribution in [-0.4, -0.2) is 34.7 Å². The fraction of sp³-hybridized carbons (Fsp3) is 1.00. The topological polar surface area (TPSA) is 23.5 Å². The van der Waals surface area contributed by atoms with Crippen LogP contribution in [0.2, 0.25) is 0 Å². The maximum absolute atomic E-state index is 10.8. The van der Waals surface area contributed by atoms with Crippen LogP contribution in [0, 0.1) is 5.92 Å². The van der Waals surface area contributed by atoms with Crippen molar-refractivity contribution in [2.24, 2.45) is 5.92 Å². The predicted octanol–water partition coefficient (Wildman–Crippen LogP) is 3.19. The Hall–Kier alpha value is -0.0800. The lowest BCUT2D eigenvalue weighted by Crippen LogP contribution is -2.57. The van der Waals surface area contributed by atoms with Gasteiger partial charge in [-0.3, -0.25) is 4.90 Å². The Bertz CT molecular complexity index is 231. The van der Waals surface area contributed by atoms with E-state index in [1.165, 1.54) is 58.0 Å². The molecule has 2 heteroatoms. The summed E-state index contributed by atoms with van der Waals surface area (Å²) in [6.45, 7) is 6.91. The number of hydrogen-bond donors (Lipinski definition) is 1. The second-order valence-corrected chi connectivity index (χ2v) is 6.25. The van der Waals surface area contributed by atoms with Crippen LogP contribution in [0.1, 0.15) is 65.2 Å². The Morgan fingerprint density at radius 1 is 1.12 bits per heavy atom. The molecule has 0 aromatic carbocycles. The van der Waals surface area contributed by atoms with E-state index in [1.807, 2.05) is 0 Å². The average molecular weight is 239 g/mol. The zero-order valence-corrected chi connectivity index (χ0v) is 11.6. The number of hydrogen-bond acceptors (Lipinski definition) is 2. The summed E-state index contributed by atoms with van der Waals surface area (Å²) < 4.78 is 0. The van der Waals surface area contributed by atoms with Gasteiger partial charge in [0.25, 0.3) is 0 Å². The summed E-state index contributed by atoms with van der Waals surface area (Å²) in [7, 11) is 0. The minimum absolute atomic E-state index is 0.0232. The van der Waals surface area contributed by atoms with E-state index < -0.39 is 0 Å². The minimum Gasteiger partial charge on any atom is -0.391 e. The first kappa shape index (κ1) is 13.4. The molecule has 1 aliphatic carbocycles. The largest absolute Gasteiger partial charge is 0.391 e. The molecule has 0 aromatic heterocycles. The van der Waals surface area contributed by atoms with E-state index in [0.717, 1.165) is 6.42 Å². The smallest absolute Gasteiger partial charge is 0.0749 e. The second-order valence-electron chi connectivity index (χ2n) is 6.25. The van der Waals surface area contributed by atoms with Crippen LogP contribution < -0.4 is 0 Å². The third-order valence-corrected chi connectivity index (χ3v) is 5.28. The van der Waals surface area contributed by atoms with E-state index in [0.29, 0.717) is 5.92 Å². The van der Waals surface area contributed by atoms with E-state index >= 15 is 0 Å². The molecule has 0 radical (unpaired) electrons. The lowest BCUT2D eigenvalue weighted by atomic mass is 9.80. The van der Waals surface area contributed by atoms with Crippen molar-refractivity contribution in [1.29, 1.82) is 0 Å². The van der Waals surface area contributed by atoms with Crippen molar-refractivity contribution in [2.45, 2.75) is 76.9 Å². The Labute approximate surface area is 106 Å². The first-order valence-corrected chi connectivity index (χ1v) is 7.61. The number of piperidine rings is 1. The molecule has 17 heavy (non-hydrogen) atoms. The van der Waals surface area contributed by atoms with E-state index in [-0.39, 0.29) is 11.6 Å². The third-order valence-electron chi connectivity index (χ3n) is 5.28. The van der Waals surface area contributed by atoms with E-state index in [4.69, 9.17) is 0 Å². The summed E-state index contributed by atoms with van der Waals surface area (Å²) in [6, 6.07) is 0. The molecule has 2 unspecified atom stereocenters. The van der Waals surface area contributed by atoms with Crippen molar-refractivity contribution in [2.75, 3.05) is 13.1 Å². The van der Waals surface area contributed by atoms with Crippen LogP contribution in [0.15, 0.2) is 0 Å². The minimum atomic E-state index is -0.118. The van der Waals surface area contributed by atoms with Gasteiger partial charge < -0.3 is 5.11 Å². The third kappa shape index (κ3) is 2.68. The highest BCUT2D eigenvalue weighted by atomic mass is 16.3. The maximum Gasteiger partial charge on any atom is 0.0749 e. The van der Waals surface area contributed by atoms with Crippen LogP contribution in [0.5, 0.6) is 0 Å². The van der Waals surface area contributed by atoms with Crippen molar-refractivity contribution in [3.05, 3.63) is 0 Å². The summed E-state index contributed by atoms with van der Waals surface area (Å²) >= 11 is 0. The normalized spacial score (nSPS) is 29.1. The number of aliphatic hydroxyl groups is 1. The fourth-order valence-electron chi connectivity index (χ4n) is 3.81. The number of rotatable bonds is 4. The molecular weight excluding hydrogens is 210 g/mol. The molecule has 0 aromatic rings. The van der Waals surface area contributed by atoms with Crippen LogP contribution >= 0.6 is 0 Å². The molecule has 2 fully saturated rings. The lowest BCUT2D eigenvalue weighted by molar-refractivity contribution is -0.0605. The van der Waals surface area contributed by atoms with Crippen LogP contribution in [0.4, 0.5) is 0 Å². The van der Waals surface area contributed by atoms with Gasteiger partial charge in [0.1, 0.15) is 0 Å². The molecule has 2 nitrogen and oxygen atoms in total. The standard InChI is InChI=1S/C15H29NO/c1-3-15(2,16-11-7-4-8-12-16)14(17)13-9-5-6-10-13/h13-14,17H,3-12H2,1-2H3. The molecule has 1 N–H and O–H groups in total. The molecule has 100 valence electrons. The molecule has 1 heterocycles. The molecule has 0 bridgehead atoms. The Balaban J connectivity index is 2.05. The van der Waals surface area contributed by atoms with Crippen molar-refractivity contribution in [1.82, 2.24) is 4.90 Å². The number of likely N-dealkylation sites (tertiary alicyclic amines) is 1. The number of aliphatic hydroxyl groups excluding tert-OH is 1. The maximum atomic E-state index is 10.8. The van der Waals surface area contributed by atoms with Gasteiger partial charge >= 0.3 is 0 Å². The zero-order valence-electron chi connectivity index (χ0n) is 11.6. The van der Waals surface area contributed by atoms with Gasteiger partial charge in [0.05, 0.1) is 6.10 Å². The molecule has 2 rings (SSSR count). The van der Waals surface area contributed by atoms with Gasteiger partial charge in [0, 0.05) is 5.54 Å². The van der Waals surface area contributed by atoms with E-state index in [2.05, 4.69) is 18.7 Å². The highest BCUT2D eigenvalue weighted by Crippen LogP contribution is 2.37. The van der Waals surface area contributed by atoms with Crippen molar-refractivity contribution < 1.29 is 5.11 Å². The fourth-order valence-corrected chi connectivity index (χ4v) is 3.81. The molecule has 2 atom stereocenters. The quantitative estimate of drug-likeness (QED) is 0.814. The van der Waals surface area contributed by atoms with Crippen LogP contribution in [0.25, 0.3) is 0 Å². The van der Waals surface area contributed by atoms with E-state index in [1.54, 1.807) is 0 Å². The van der Waals surface area contributed by atoms with Gasteiger partial charge in [-0.2, -0.15) is 0 Å². The molecule has 2 aliphatic rings. The molecular formula is C15H29NO. The van der Waals surface area contributed by atoms with Crippen molar-refractivity contribution in [3.8, 4) is 0 Å². The summed E-state index contributed by atoms with van der Waals surface area (Å²) in [5, 5.41) is 10.8. The average Bonchev–Trinajstić information content (AvgIpc) is 2.92. The summed E-state index contributed by atoms with van der Waals surface area (Å²) in [4.78, 5) is 2.57. The van der Waals surface area contributed by atoms with Crippen LogP contribution in [0.3, 0.4) is 0 Å². The van der Waals surface area contributed by atoms with E-state index in [9.17, 15) is 5.11 Å². The first-order valence-electron chi connectivity index (χ1n) is 7.61. The van der Waals surface area contributed by atoms with Crippen LogP contribution in [-0.2, 0) is 0 Å². The van der Waals surface area contributed by atoms with Gasteiger partial charge in [-0.15, -0.1) is 0 Å². The monoisotopic (exact) mass is 239 g/mol. The lowest BCUT2D eigenvalue weighted by Gasteiger charge is -2.47. The molecule has 0 amide bonds. The summed E-state index contributed by atoms with van der Waals surface area (Å²) in [5.41, 5.74) is 0.0232. The van der Waals surface area contributed by atoms with Gasteiger partial charge in [0.15, 0.2) is 0 Å². The first-order chi connectivity index (χ1) is 8.18. The predicted molar refractivity (Wildman–Crippen MR) is 72.1 cm³/mol. The van der Waals surface area contributed by atoms with Crippen molar-refractivity contribution in [3.63, 3.8) is 0 Å². The molecule has 1 saturated carbocycles. The van der Waals surface area contributed by atoms with Gasteiger partial charge in [-0.1, -0.05) is 26.2 Å². The van der Waals surface area contributed by atoms with Crippen molar-refractivity contribution >= 4 is 0 Å². The highest BCUT2D eigenvalue weighted by molar-refractivity contribution is 4.97. The highest BCUT2D eigenvalue weighted by Gasteiger charge is 2.42. The van der Waals surface area contributed by atoms with Gasteiger partial charge in [-0.05, 0) is 58.0 Å². The Morgan fingerprint density at radius 2 is 1.71 bits per heavy atom. The summed E-state index contributed by atoms with van der Waals surface area (Å²) in [5.74, 6) is 0.557.